The first-order chi connectivity index (χ1) is 4.06. The van der Waals surface area contributed by atoms with Crippen molar-refractivity contribution in [3.05, 3.63) is 0 Å². The van der Waals surface area contributed by atoms with Gasteiger partial charge in [-0.15, -0.1) is 0 Å². The predicted molar refractivity (Wildman–Crippen MR) is 31.5 cm³/mol. The van der Waals surface area contributed by atoms with Crippen LogP contribution in [0.2, 0.25) is 0.515 Å². The predicted octanol–water partition coefficient (Wildman–Crippen LogP) is -0.251. The molecule has 0 aromatic heterocycles. The van der Waals surface area contributed by atoms with Gasteiger partial charge >= 0.3 is 68.3 Å². The summed E-state index contributed by atoms with van der Waals surface area (Å²) in [6, 6.07) is 0. The Bertz CT molecular complexity index is 88.7. The molecule has 0 aromatic rings. The van der Waals surface area contributed by atoms with E-state index in [0.29, 0.717) is 0 Å². The first kappa shape index (κ1) is 12.3. The second-order valence-electron chi connectivity index (χ2n) is 1.32. The topological polar surface area (TPSA) is 74.6 Å². The van der Waals surface area contributed by atoms with Crippen LogP contribution in [0.3, 0.4) is 0 Å². The minimum atomic E-state index is -1.82. The molecule has 0 aliphatic heterocycles. The van der Waals surface area contributed by atoms with Crippen LogP contribution in [0.25, 0.3) is 0 Å². The fourth-order valence-corrected chi connectivity index (χ4v) is 0. The van der Waals surface area contributed by atoms with Gasteiger partial charge in [0.1, 0.15) is 0 Å². The molecule has 0 amide bonds. The summed E-state index contributed by atoms with van der Waals surface area (Å²) in [5.41, 5.74) is 0. The van der Waals surface area contributed by atoms with Gasteiger partial charge in [-0.1, -0.05) is 0 Å². The Balaban J connectivity index is 0. The second-order valence-corrected chi connectivity index (χ2v) is 3.53. The quantitative estimate of drug-likeness (QED) is 0.376. The van der Waals surface area contributed by atoms with E-state index in [0.717, 1.165) is 49.0 Å². The summed E-state index contributed by atoms with van der Waals surface area (Å²) < 4.78 is 1.44. The summed E-state index contributed by atoms with van der Waals surface area (Å²) in [6.07, 6.45) is 0. The van der Waals surface area contributed by atoms with Gasteiger partial charge in [-0.25, -0.2) is 9.59 Å². The third-order valence-electron chi connectivity index (χ3n) is 0.183. The molecule has 0 aliphatic carbocycles. The molecule has 48 valence electrons. The van der Waals surface area contributed by atoms with Crippen LogP contribution in [0.15, 0.2) is 0 Å². The van der Waals surface area contributed by atoms with Crippen LogP contribution >= 0.6 is 0 Å². The smallest absolute Gasteiger partial charge is 0.414 e. The summed E-state index contributed by atoms with van der Waals surface area (Å²) in [6.45, 7) is 2.21. The van der Waals surface area contributed by atoms with Gasteiger partial charge in [-0.3, -0.25) is 0 Å². The van der Waals surface area contributed by atoms with Crippen molar-refractivity contribution in [2.75, 3.05) is 0 Å². The fraction of sp³-hybridized carbons (Fsp3) is 0.500. The maximum Gasteiger partial charge on any atom is 0.414 e. The molecule has 0 aliphatic rings. The molecule has 0 radical (unpaired) electrons. The van der Waals surface area contributed by atoms with Crippen LogP contribution < -0.4 is 0 Å². The van der Waals surface area contributed by atoms with E-state index >= 15 is 0 Å². The average Bonchev–Trinajstić information content (AvgIpc) is 1.68. The van der Waals surface area contributed by atoms with Gasteiger partial charge in [0.15, 0.2) is 0 Å². The van der Waals surface area contributed by atoms with Crippen molar-refractivity contribution in [1.29, 1.82) is 0 Å². The van der Waals surface area contributed by atoms with Crippen LogP contribution in [-0.4, -0.2) is 71.1 Å². The van der Waals surface area contributed by atoms with Crippen LogP contribution in [0.1, 0.15) is 6.92 Å². The molecule has 9 heavy (non-hydrogen) atoms. The second kappa shape index (κ2) is 8.58. The van der Waals surface area contributed by atoms with Gasteiger partial charge < -0.3 is 10.2 Å². The summed E-state index contributed by atoms with van der Waals surface area (Å²) >= 11 is 1.10. The molecule has 0 bridgehead atoms. The zero-order valence-electron chi connectivity index (χ0n) is 5.42. The molecule has 5 heteroatoms. The summed E-state index contributed by atoms with van der Waals surface area (Å²) in [7, 11) is 0. The molecule has 0 rings (SSSR count). The number of carboxylic acid groups (broad SMARTS) is 2. The molecule has 0 saturated carbocycles. The third kappa shape index (κ3) is 17.7. The van der Waals surface area contributed by atoms with Crippen molar-refractivity contribution >= 4 is 60.9 Å². The fourth-order valence-electron chi connectivity index (χ4n) is 0. The molecule has 0 fully saturated rings. The number of hydrogen-bond acceptors (Lipinski definition) is 2. The van der Waals surface area contributed by atoms with Gasteiger partial charge in [0, 0.05) is 0 Å². The van der Waals surface area contributed by atoms with Gasteiger partial charge in [0.2, 0.25) is 0 Å². The van der Waals surface area contributed by atoms with E-state index in [4.69, 9.17) is 19.8 Å². The Morgan fingerprint density at radius 2 is 1.44 bits per heavy atom. The van der Waals surface area contributed by atoms with Crippen molar-refractivity contribution in [3.63, 3.8) is 0 Å². The van der Waals surface area contributed by atoms with E-state index in [1.165, 1.54) is 0.515 Å². The molecule has 0 spiro atoms. The number of carbonyl (C=O) groups is 2. The molecule has 0 aromatic carbocycles. The van der Waals surface area contributed by atoms with Crippen LogP contribution in [0.4, 0.5) is 0 Å². The molecule has 2 N–H and O–H groups in total. The van der Waals surface area contributed by atoms with E-state index in [1.807, 2.05) is 0 Å². The first-order valence-electron chi connectivity index (χ1n) is 2.52. The van der Waals surface area contributed by atoms with Gasteiger partial charge in [0.05, 0.1) is 0 Å². The van der Waals surface area contributed by atoms with Crippen molar-refractivity contribution in [1.82, 2.24) is 0 Å². The molecule has 0 atom stereocenters. The van der Waals surface area contributed by atoms with E-state index in [9.17, 15) is 0 Å². The zero-order valence-corrected chi connectivity index (χ0v) is 8.54. The van der Waals surface area contributed by atoms with E-state index in [2.05, 4.69) is 6.92 Å². The maximum atomic E-state index is 9.10. The van der Waals surface area contributed by atoms with E-state index in [-0.39, 0.29) is 0 Å². The zero-order chi connectivity index (χ0) is 7.86. The van der Waals surface area contributed by atoms with Crippen LogP contribution in [0.5, 0.6) is 0 Å². The van der Waals surface area contributed by atoms with Crippen LogP contribution in [0, 0.1) is 0 Å². The number of hydrogen-bond donors (Lipinski definition) is 2. The van der Waals surface area contributed by atoms with E-state index in [1.54, 1.807) is 0 Å². The minimum Gasteiger partial charge on any atom is -0.473 e. The number of aliphatic carboxylic acids is 2. The van der Waals surface area contributed by atoms with Gasteiger partial charge in [-0.05, 0) is 0 Å². The van der Waals surface area contributed by atoms with Crippen molar-refractivity contribution < 1.29 is 19.8 Å². The normalized spacial score (nSPS) is 7.00. The summed E-state index contributed by atoms with van der Waals surface area (Å²) in [5, 5.41) is 14.8. The molecular weight excluding hydrogens is 151 g/mol. The number of carboxylic acids is 2. The van der Waals surface area contributed by atoms with Gasteiger partial charge in [0.25, 0.3) is 0 Å². The first-order valence-corrected chi connectivity index (χ1v) is 4.73. The Morgan fingerprint density at radius 1 is 1.33 bits per heavy atom. The molecule has 0 saturated heterocycles. The summed E-state index contributed by atoms with van der Waals surface area (Å²) in [4.78, 5) is 18.2. The Labute approximate surface area is 86.8 Å². The van der Waals surface area contributed by atoms with E-state index < -0.39 is 11.9 Å². The van der Waals surface area contributed by atoms with Crippen molar-refractivity contribution in [2.24, 2.45) is 0 Å². The van der Waals surface area contributed by atoms with Crippen LogP contribution in [-0.2, 0) is 9.59 Å². The van der Waals surface area contributed by atoms with Crippen molar-refractivity contribution in [2.45, 2.75) is 7.44 Å². The average molecular weight is 158 g/mol. The largest absolute Gasteiger partial charge is 0.473 e. The standard InChI is InChI=1S/C2H2O4.C2H5.K/c3-1(4)2(5)6;1-2;/h(H,3,4)(H,5,6);1H2,2H3;. The number of rotatable bonds is 0. The molecule has 0 heterocycles. The Kier molecular flexibility index (Phi) is 11.7. The third-order valence-corrected chi connectivity index (χ3v) is 0.183. The SMILES string of the molecule is C[CH2][K].O=C(O)C(=O)O. The Morgan fingerprint density at radius 3 is 1.44 bits per heavy atom. The van der Waals surface area contributed by atoms with Crippen molar-refractivity contribution in [3.8, 4) is 0 Å². The van der Waals surface area contributed by atoms with Gasteiger partial charge in [-0.2, -0.15) is 0 Å². The maximum absolute atomic E-state index is 9.10. The molecular formula is C4H7KO4. The minimum absolute atomic E-state index is 1.10. The molecule has 0 unspecified atom stereocenters. The molecule has 4 nitrogen and oxygen atoms in total. The Hall–Kier alpha value is 0.576. The monoisotopic (exact) mass is 158 g/mol. The summed E-state index contributed by atoms with van der Waals surface area (Å²) in [5.74, 6) is -3.65.